The Kier molecular flexibility index (Phi) is 6.03. The van der Waals surface area contributed by atoms with Gasteiger partial charge in [0.1, 0.15) is 5.60 Å². The molecule has 0 aromatic rings. The molecule has 0 aromatic carbocycles. The molecule has 0 saturated carbocycles. The zero-order chi connectivity index (χ0) is 14.5. The van der Waals surface area contributed by atoms with Crippen LogP contribution in [-0.4, -0.2) is 60.0 Å². The Hall–Kier alpha value is -0.850. The molecule has 1 rings (SSSR count). The van der Waals surface area contributed by atoms with Gasteiger partial charge < -0.3 is 25.8 Å². The van der Waals surface area contributed by atoms with E-state index < -0.39 is 11.7 Å². The van der Waals surface area contributed by atoms with E-state index in [0.29, 0.717) is 19.6 Å². The molecule has 1 aliphatic rings. The number of nitrogens with zero attached hydrogens (tertiary/aromatic N) is 1. The van der Waals surface area contributed by atoms with E-state index in [4.69, 9.17) is 10.5 Å². The summed E-state index contributed by atoms with van der Waals surface area (Å²) in [6.45, 7) is 7.79. The second-order valence-corrected chi connectivity index (χ2v) is 6.01. The van der Waals surface area contributed by atoms with Crippen molar-refractivity contribution in [2.24, 2.45) is 5.73 Å². The fourth-order valence-electron chi connectivity index (χ4n) is 2.02. The molecule has 0 aromatic heterocycles. The van der Waals surface area contributed by atoms with Crippen molar-refractivity contribution in [3.63, 3.8) is 0 Å². The molecule has 112 valence electrons. The first-order valence-corrected chi connectivity index (χ1v) is 6.93. The molecule has 1 saturated heterocycles. The average Bonchev–Trinajstić information content (AvgIpc) is 2.64. The fraction of sp³-hybridized carbons (Fsp3) is 0.923. The lowest BCUT2D eigenvalue weighted by atomic mass is 10.2. The lowest BCUT2D eigenvalue weighted by molar-refractivity contribution is 0.0270. The second kappa shape index (κ2) is 7.07. The van der Waals surface area contributed by atoms with Gasteiger partial charge in [0.05, 0.1) is 18.7 Å². The maximum absolute atomic E-state index is 11.9. The molecule has 1 aliphatic heterocycles. The van der Waals surface area contributed by atoms with Crippen molar-refractivity contribution in [2.45, 2.75) is 51.4 Å². The van der Waals surface area contributed by atoms with E-state index >= 15 is 0 Å². The van der Waals surface area contributed by atoms with Gasteiger partial charge in [-0.1, -0.05) is 0 Å². The molecule has 19 heavy (non-hydrogen) atoms. The number of ether oxygens (including phenoxy) is 1. The van der Waals surface area contributed by atoms with Crippen LogP contribution in [0.25, 0.3) is 0 Å². The van der Waals surface area contributed by atoms with Crippen LogP contribution in [0.2, 0.25) is 0 Å². The van der Waals surface area contributed by atoms with Crippen LogP contribution in [0.1, 0.15) is 33.6 Å². The Morgan fingerprint density at radius 3 is 2.68 bits per heavy atom. The highest BCUT2D eigenvalue weighted by Crippen LogP contribution is 2.15. The Morgan fingerprint density at radius 2 is 2.11 bits per heavy atom. The molecular weight excluding hydrogens is 246 g/mol. The number of hydrogen-bond donors (Lipinski definition) is 3. The average molecular weight is 273 g/mol. The predicted molar refractivity (Wildman–Crippen MR) is 73.9 cm³/mol. The summed E-state index contributed by atoms with van der Waals surface area (Å²) in [5, 5.41) is 13.2. The van der Waals surface area contributed by atoms with Crippen LogP contribution < -0.4 is 11.1 Å². The maximum Gasteiger partial charge on any atom is 0.410 e. The number of nitrogens with one attached hydrogen (secondary N) is 1. The summed E-state index contributed by atoms with van der Waals surface area (Å²) < 4.78 is 5.29. The second-order valence-electron chi connectivity index (χ2n) is 6.01. The number of amides is 1. The summed E-state index contributed by atoms with van der Waals surface area (Å²) in [7, 11) is 0. The number of rotatable bonds is 5. The van der Waals surface area contributed by atoms with E-state index in [2.05, 4.69) is 5.32 Å². The zero-order valence-corrected chi connectivity index (χ0v) is 12.2. The standard InChI is InChI=1S/C13H27N3O3/c1-13(2,3)19-12(18)16-8-10(11(17)9-16)15-7-5-4-6-14/h10-11,15,17H,4-9,14H2,1-3H3/t10-,11-/m1/s1. The van der Waals surface area contributed by atoms with Gasteiger partial charge in [-0.3, -0.25) is 0 Å². The van der Waals surface area contributed by atoms with Crippen LogP contribution in [0.5, 0.6) is 0 Å². The van der Waals surface area contributed by atoms with Gasteiger partial charge in [0.15, 0.2) is 0 Å². The smallest absolute Gasteiger partial charge is 0.410 e. The molecule has 6 heteroatoms. The highest BCUT2D eigenvalue weighted by Gasteiger charge is 2.35. The van der Waals surface area contributed by atoms with Gasteiger partial charge in [-0.15, -0.1) is 0 Å². The summed E-state index contributed by atoms with van der Waals surface area (Å²) in [5.74, 6) is 0. The molecule has 1 heterocycles. The normalized spacial score (nSPS) is 23.7. The molecule has 0 spiro atoms. The van der Waals surface area contributed by atoms with Crippen molar-refractivity contribution in [1.82, 2.24) is 10.2 Å². The van der Waals surface area contributed by atoms with Crippen molar-refractivity contribution in [3.8, 4) is 0 Å². The van der Waals surface area contributed by atoms with Crippen molar-refractivity contribution in [3.05, 3.63) is 0 Å². The number of nitrogens with two attached hydrogens (primary N) is 1. The summed E-state index contributed by atoms with van der Waals surface area (Å²) >= 11 is 0. The van der Waals surface area contributed by atoms with Crippen LogP contribution in [0, 0.1) is 0 Å². The largest absolute Gasteiger partial charge is 0.444 e. The number of β-amino-alcohol motifs (C(OH)–C–C–N with tert-alkyl or cyclic N) is 1. The van der Waals surface area contributed by atoms with Gasteiger partial charge in [-0.25, -0.2) is 4.79 Å². The van der Waals surface area contributed by atoms with E-state index in [1.807, 2.05) is 20.8 Å². The number of carbonyl (C=O) groups excluding carboxylic acids is 1. The zero-order valence-electron chi connectivity index (χ0n) is 12.2. The minimum atomic E-state index is -0.537. The molecule has 0 radical (unpaired) electrons. The van der Waals surface area contributed by atoms with Crippen LogP contribution in [-0.2, 0) is 4.74 Å². The molecule has 6 nitrogen and oxygen atoms in total. The van der Waals surface area contributed by atoms with Crippen LogP contribution >= 0.6 is 0 Å². The van der Waals surface area contributed by atoms with E-state index in [9.17, 15) is 9.90 Å². The first-order chi connectivity index (χ1) is 8.83. The number of unbranched alkanes of at least 4 members (excludes halogenated alkanes) is 1. The topological polar surface area (TPSA) is 87.8 Å². The fourth-order valence-corrected chi connectivity index (χ4v) is 2.02. The number of aliphatic hydroxyl groups is 1. The molecule has 0 aliphatic carbocycles. The van der Waals surface area contributed by atoms with Gasteiger partial charge in [0.25, 0.3) is 0 Å². The Labute approximate surface area is 115 Å². The monoisotopic (exact) mass is 273 g/mol. The lowest BCUT2D eigenvalue weighted by Gasteiger charge is -2.24. The predicted octanol–water partition coefficient (Wildman–Crippen LogP) is 0.295. The third-order valence-corrected chi connectivity index (χ3v) is 2.98. The first kappa shape index (κ1) is 16.2. The maximum atomic E-state index is 11.9. The van der Waals surface area contributed by atoms with Gasteiger partial charge >= 0.3 is 6.09 Å². The van der Waals surface area contributed by atoms with Crippen LogP contribution in [0.4, 0.5) is 4.79 Å². The molecule has 1 fully saturated rings. The van der Waals surface area contributed by atoms with Crippen molar-refractivity contribution < 1.29 is 14.6 Å². The summed E-state index contributed by atoms with van der Waals surface area (Å²) in [4.78, 5) is 13.4. The van der Waals surface area contributed by atoms with E-state index in [-0.39, 0.29) is 12.1 Å². The quantitative estimate of drug-likeness (QED) is 0.627. The number of hydrogen-bond acceptors (Lipinski definition) is 5. The molecule has 2 atom stereocenters. The first-order valence-electron chi connectivity index (χ1n) is 6.93. The summed E-state index contributed by atoms with van der Waals surface area (Å²) in [6.07, 6.45) is 1.04. The Bertz CT molecular complexity index is 291. The van der Waals surface area contributed by atoms with E-state index in [0.717, 1.165) is 19.4 Å². The molecule has 4 N–H and O–H groups in total. The molecule has 0 unspecified atom stereocenters. The van der Waals surface area contributed by atoms with Crippen molar-refractivity contribution in [1.29, 1.82) is 0 Å². The van der Waals surface area contributed by atoms with Gasteiger partial charge in [0, 0.05) is 6.54 Å². The molecule has 1 amide bonds. The summed E-state index contributed by atoms with van der Waals surface area (Å²) in [6, 6.07) is -0.0784. The van der Waals surface area contributed by atoms with Gasteiger partial charge in [-0.2, -0.15) is 0 Å². The van der Waals surface area contributed by atoms with Gasteiger partial charge in [0.2, 0.25) is 0 Å². The number of carbonyl (C=O) groups is 1. The minimum Gasteiger partial charge on any atom is -0.444 e. The Balaban J connectivity index is 2.35. The minimum absolute atomic E-state index is 0.0784. The van der Waals surface area contributed by atoms with Crippen molar-refractivity contribution >= 4 is 6.09 Å². The molecule has 0 bridgehead atoms. The SMILES string of the molecule is CC(C)(C)OC(=O)N1C[C@@H](O)[C@H](NCCCCN)C1. The Morgan fingerprint density at radius 1 is 1.42 bits per heavy atom. The summed E-state index contributed by atoms with van der Waals surface area (Å²) in [5.41, 5.74) is 4.92. The number of likely N-dealkylation sites (tertiary alicyclic amines) is 1. The highest BCUT2D eigenvalue weighted by molar-refractivity contribution is 5.68. The van der Waals surface area contributed by atoms with Crippen molar-refractivity contribution in [2.75, 3.05) is 26.2 Å². The number of aliphatic hydroxyl groups excluding tert-OH is 1. The van der Waals surface area contributed by atoms with Gasteiger partial charge in [-0.05, 0) is 46.7 Å². The van der Waals surface area contributed by atoms with Crippen LogP contribution in [0.15, 0.2) is 0 Å². The van der Waals surface area contributed by atoms with E-state index in [1.165, 1.54) is 0 Å². The third kappa shape index (κ3) is 5.76. The molecular formula is C13H27N3O3. The lowest BCUT2D eigenvalue weighted by Crippen LogP contribution is -2.40. The van der Waals surface area contributed by atoms with Crippen LogP contribution in [0.3, 0.4) is 0 Å². The third-order valence-electron chi connectivity index (χ3n) is 2.98. The van der Waals surface area contributed by atoms with E-state index in [1.54, 1.807) is 4.90 Å². The highest BCUT2D eigenvalue weighted by atomic mass is 16.6.